The molecule has 6 rings (SSSR count). The van der Waals surface area contributed by atoms with Crippen molar-refractivity contribution >= 4 is 22.8 Å². The number of likely N-dealkylation sites (N-methyl/N-ethyl adjacent to an activating group) is 1. The Hall–Kier alpha value is -2.68. The van der Waals surface area contributed by atoms with E-state index in [1.54, 1.807) is 0 Å². The summed E-state index contributed by atoms with van der Waals surface area (Å²) in [5.41, 5.74) is 12.9. The monoisotopic (exact) mass is 474 g/mol. The highest BCUT2D eigenvalue weighted by Gasteiger charge is 2.35. The molecule has 3 fully saturated rings. The quantitative estimate of drug-likeness (QED) is 0.505. The van der Waals surface area contributed by atoms with Crippen molar-refractivity contribution in [3.05, 3.63) is 48.0 Å². The molecule has 186 valence electrons. The second-order valence-corrected chi connectivity index (χ2v) is 10.3. The predicted octanol–water partition coefficient (Wildman–Crippen LogP) is 3.54. The summed E-state index contributed by atoms with van der Waals surface area (Å²) < 4.78 is 2.28. The molecule has 3 aliphatic rings. The third-order valence-corrected chi connectivity index (χ3v) is 8.42. The molecule has 5 heterocycles. The molecule has 8 heteroatoms. The summed E-state index contributed by atoms with van der Waals surface area (Å²) in [6.45, 7) is 11.1. The fourth-order valence-corrected chi connectivity index (χ4v) is 6.35. The van der Waals surface area contributed by atoms with Crippen LogP contribution in [0.15, 0.2) is 36.8 Å². The molecule has 1 aliphatic carbocycles. The maximum atomic E-state index is 4.79. The normalized spacial score (nSPS) is 25.2. The van der Waals surface area contributed by atoms with Gasteiger partial charge in [0.1, 0.15) is 5.82 Å². The summed E-state index contributed by atoms with van der Waals surface area (Å²) in [6.07, 6.45) is 10.7. The van der Waals surface area contributed by atoms with Crippen molar-refractivity contribution in [1.82, 2.24) is 30.1 Å². The summed E-state index contributed by atoms with van der Waals surface area (Å²) >= 11 is 0. The van der Waals surface area contributed by atoms with E-state index >= 15 is 0 Å². The van der Waals surface area contributed by atoms with Crippen molar-refractivity contribution in [2.24, 2.45) is 5.92 Å². The number of hydrazine groups is 1. The van der Waals surface area contributed by atoms with Crippen LogP contribution in [0.3, 0.4) is 0 Å². The Bertz CT molecular complexity index is 1150. The van der Waals surface area contributed by atoms with Crippen molar-refractivity contribution in [2.75, 3.05) is 49.5 Å². The fourth-order valence-electron chi connectivity index (χ4n) is 6.35. The molecule has 0 radical (unpaired) electrons. The predicted molar refractivity (Wildman–Crippen MR) is 141 cm³/mol. The first-order valence-electron chi connectivity index (χ1n) is 13.4. The number of rotatable bonds is 6. The Balaban J connectivity index is 1.25. The summed E-state index contributed by atoms with van der Waals surface area (Å²) in [5, 5.41) is 3.61. The van der Waals surface area contributed by atoms with Crippen molar-refractivity contribution in [2.45, 2.75) is 51.5 Å². The van der Waals surface area contributed by atoms with Gasteiger partial charge in [-0.1, -0.05) is 13.8 Å². The highest BCUT2D eigenvalue weighted by Crippen LogP contribution is 2.40. The first kappa shape index (κ1) is 22.8. The van der Waals surface area contributed by atoms with Crippen molar-refractivity contribution in [3.8, 4) is 0 Å². The van der Waals surface area contributed by atoms with Crippen LogP contribution in [0.2, 0.25) is 0 Å². The maximum Gasteiger partial charge on any atom is 0.160 e. The molecule has 0 aromatic carbocycles. The molecule has 3 N–H and O–H groups in total. The van der Waals surface area contributed by atoms with E-state index in [2.05, 4.69) is 68.6 Å². The number of piperazine rings is 1. The Morgan fingerprint density at radius 3 is 2.74 bits per heavy atom. The van der Waals surface area contributed by atoms with Gasteiger partial charge in [0.2, 0.25) is 0 Å². The minimum atomic E-state index is 0.558. The topological polar surface area (TPSA) is 72.8 Å². The van der Waals surface area contributed by atoms with Gasteiger partial charge in [-0.05, 0) is 67.8 Å². The lowest BCUT2D eigenvalue weighted by molar-refractivity contribution is 0.271. The zero-order valence-electron chi connectivity index (χ0n) is 21.0. The molecule has 2 saturated heterocycles. The van der Waals surface area contributed by atoms with Crippen molar-refractivity contribution in [3.63, 3.8) is 0 Å². The number of aryl methyl sites for hydroxylation is 1. The van der Waals surface area contributed by atoms with E-state index < -0.39 is 0 Å². The molecular formula is C27H38N8. The standard InChI is InChI=1S/C27H38N8/c1-3-25-22(19-5-6-20-17-30-32-23(20)15-19)16-24(27-28-9-10-35(25)27)31-26-8-7-21(18-29-26)34-13-11-33(4-2)12-14-34/h7-10,16,18-20,23,30,32H,3-6,11-15,17H2,1-2H3,(H,29,31). The molecule has 0 spiro atoms. The van der Waals surface area contributed by atoms with E-state index in [9.17, 15) is 0 Å². The van der Waals surface area contributed by atoms with E-state index in [4.69, 9.17) is 9.97 Å². The minimum absolute atomic E-state index is 0.558. The molecule has 1 saturated carbocycles. The molecule has 2 aliphatic heterocycles. The van der Waals surface area contributed by atoms with Gasteiger partial charge in [-0.2, -0.15) is 0 Å². The summed E-state index contributed by atoms with van der Waals surface area (Å²) in [6, 6.07) is 7.23. The number of anilines is 3. The van der Waals surface area contributed by atoms with Crippen LogP contribution in [0.1, 0.15) is 50.3 Å². The lowest BCUT2D eigenvalue weighted by Crippen LogP contribution is -2.46. The summed E-state index contributed by atoms with van der Waals surface area (Å²) in [4.78, 5) is 14.4. The smallest absolute Gasteiger partial charge is 0.160 e. The van der Waals surface area contributed by atoms with Gasteiger partial charge in [-0.3, -0.25) is 10.9 Å². The second-order valence-electron chi connectivity index (χ2n) is 10.3. The molecule has 3 aromatic rings. The average Bonchev–Trinajstić information content (AvgIpc) is 3.59. The van der Waals surface area contributed by atoms with Gasteiger partial charge < -0.3 is 19.5 Å². The summed E-state index contributed by atoms with van der Waals surface area (Å²) in [7, 11) is 0. The molecule has 3 atom stereocenters. The first-order chi connectivity index (χ1) is 17.2. The fraction of sp³-hybridized carbons (Fsp3) is 0.556. The van der Waals surface area contributed by atoms with Gasteiger partial charge >= 0.3 is 0 Å². The average molecular weight is 475 g/mol. The molecule has 35 heavy (non-hydrogen) atoms. The van der Waals surface area contributed by atoms with E-state index in [-0.39, 0.29) is 0 Å². The molecule has 3 unspecified atom stereocenters. The minimum Gasteiger partial charge on any atom is -0.368 e. The largest absolute Gasteiger partial charge is 0.368 e. The van der Waals surface area contributed by atoms with Gasteiger partial charge in [0.15, 0.2) is 5.65 Å². The van der Waals surface area contributed by atoms with E-state index in [0.717, 1.165) is 68.8 Å². The summed E-state index contributed by atoms with van der Waals surface area (Å²) in [5.74, 6) is 2.19. The molecule has 3 aromatic heterocycles. The van der Waals surface area contributed by atoms with Gasteiger partial charge in [0.05, 0.1) is 17.6 Å². The zero-order valence-corrected chi connectivity index (χ0v) is 21.0. The van der Waals surface area contributed by atoms with E-state index in [1.165, 1.54) is 36.2 Å². The number of imidazole rings is 1. The van der Waals surface area contributed by atoms with E-state index in [1.807, 2.05) is 12.4 Å². The lowest BCUT2D eigenvalue weighted by atomic mass is 9.75. The maximum absolute atomic E-state index is 4.79. The van der Waals surface area contributed by atoms with Gasteiger partial charge in [-0.15, -0.1) is 0 Å². The highest BCUT2D eigenvalue weighted by molar-refractivity contribution is 5.74. The number of aromatic nitrogens is 3. The van der Waals surface area contributed by atoms with Crippen LogP contribution in [0.5, 0.6) is 0 Å². The Labute approximate surface area is 208 Å². The number of nitrogens with one attached hydrogen (secondary N) is 3. The Morgan fingerprint density at radius 1 is 1.09 bits per heavy atom. The van der Waals surface area contributed by atoms with Crippen LogP contribution < -0.4 is 21.1 Å². The van der Waals surface area contributed by atoms with Crippen LogP contribution >= 0.6 is 0 Å². The van der Waals surface area contributed by atoms with Gasteiger partial charge in [0.25, 0.3) is 0 Å². The molecule has 0 bridgehead atoms. The lowest BCUT2D eigenvalue weighted by Gasteiger charge is -2.35. The molecular weight excluding hydrogens is 436 g/mol. The second kappa shape index (κ2) is 9.76. The van der Waals surface area contributed by atoms with Crippen molar-refractivity contribution in [1.29, 1.82) is 0 Å². The number of nitrogens with zero attached hydrogens (tertiary/aromatic N) is 5. The molecule has 8 nitrogen and oxygen atoms in total. The van der Waals surface area contributed by atoms with Crippen LogP contribution in [0, 0.1) is 5.92 Å². The van der Waals surface area contributed by atoms with E-state index in [0.29, 0.717) is 12.0 Å². The van der Waals surface area contributed by atoms with Crippen LogP contribution in [-0.2, 0) is 6.42 Å². The third kappa shape index (κ3) is 4.39. The highest BCUT2D eigenvalue weighted by atomic mass is 15.4. The zero-order chi connectivity index (χ0) is 23.8. The Morgan fingerprint density at radius 2 is 1.97 bits per heavy atom. The van der Waals surface area contributed by atoms with Gasteiger partial charge in [-0.25, -0.2) is 9.97 Å². The Kier molecular flexibility index (Phi) is 6.35. The number of hydrogen-bond acceptors (Lipinski definition) is 7. The molecule has 0 amide bonds. The first-order valence-corrected chi connectivity index (χ1v) is 13.4. The van der Waals surface area contributed by atoms with Crippen LogP contribution in [0.4, 0.5) is 17.2 Å². The SMILES string of the molecule is CCc1c(C2CCC3CNNC3C2)cc(Nc2ccc(N3CCN(CC)CC3)cn2)c2nccn12. The number of pyridine rings is 2. The van der Waals surface area contributed by atoms with Crippen molar-refractivity contribution < 1.29 is 0 Å². The van der Waals surface area contributed by atoms with Crippen LogP contribution in [-0.4, -0.2) is 64.6 Å². The number of fused-ring (bicyclic) bond motifs is 2. The number of hydrogen-bond donors (Lipinski definition) is 3. The van der Waals surface area contributed by atoms with Gasteiger partial charge in [0, 0.05) is 56.9 Å². The third-order valence-electron chi connectivity index (χ3n) is 8.42. The van der Waals surface area contributed by atoms with Crippen LogP contribution in [0.25, 0.3) is 5.65 Å².